The van der Waals surface area contributed by atoms with Crippen molar-refractivity contribution < 1.29 is 9.59 Å². The first-order valence-electron chi connectivity index (χ1n) is 9.50. The Morgan fingerprint density at radius 2 is 2.03 bits per heavy atom. The molecule has 3 aromatic rings. The number of fused-ring (bicyclic) bond motifs is 1. The number of benzene rings is 1. The third-order valence-corrected chi connectivity index (χ3v) is 7.00. The first kappa shape index (κ1) is 20.0. The van der Waals surface area contributed by atoms with E-state index in [9.17, 15) is 9.59 Å². The standard InChI is InChI=1S/C21H24N4O2S2/c1-13-10-25-18(14(2)22-21(25)29-13)12-23(3)20(27)15-9-19(26)24(11-15)16-5-7-17(28-4)8-6-16/h5-8,10,15H,9,11-12H2,1-4H3. The van der Waals surface area contributed by atoms with Crippen LogP contribution in [0, 0.1) is 19.8 Å². The number of rotatable bonds is 5. The van der Waals surface area contributed by atoms with Gasteiger partial charge in [0.15, 0.2) is 4.96 Å². The van der Waals surface area contributed by atoms with E-state index in [2.05, 4.69) is 22.5 Å². The van der Waals surface area contributed by atoms with Crippen molar-refractivity contribution in [3.05, 3.63) is 46.7 Å². The first-order valence-corrected chi connectivity index (χ1v) is 11.5. The average molecular weight is 429 g/mol. The van der Waals surface area contributed by atoms with Crippen molar-refractivity contribution in [3.63, 3.8) is 0 Å². The van der Waals surface area contributed by atoms with Crippen LogP contribution < -0.4 is 4.90 Å². The van der Waals surface area contributed by atoms with Crippen LogP contribution in [0.3, 0.4) is 0 Å². The maximum atomic E-state index is 13.1. The van der Waals surface area contributed by atoms with E-state index in [4.69, 9.17) is 0 Å². The largest absolute Gasteiger partial charge is 0.340 e. The van der Waals surface area contributed by atoms with E-state index in [1.807, 2.05) is 37.4 Å². The number of amides is 2. The molecule has 4 rings (SSSR count). The summed E-state index contributed by atoms with van der Waals surface area (Å²) in [4.78, 5) is 37.0. The summed E-state index contributed by atoms with van der Waals surface area (Å²) >= 11 is 3.31. The Kier molecular flexibility index (Phi) is 5.40. The van der Waals surface area contributed by atoms with Crippen molar-refractivity contribution in [1.82, 2.24) is 14.3 Å². The summed E-state index contributed by atoms with van der Waals surface area (Å²) < 4.78 is 2.07. The number of anilines is 1. The Hall–Kier alpha value is -2.32. The van der Waals surface area contributed by atoms with E-state index in [1.165, 1.54) is 4.88 Å². The molecule has 2 amide bonds. The normalized spacial score (nSPS) is 16.8. The summed E-state index contributed by atoms with van der Waals surface area (Å²) in [6.45, 7) is 4.94. The maximum Gasteiger partial charge on any atom is 0.228 e. The van der Waals surface area contributed by atoms with Gasteiger partial charge in [0.1, 0.15) is 0 Å². The van der Waals surface area contributed by atoms with Gasteiger partial charge in [-0.1, -0.05) is 0 Å². The summed E-state index contributed by atoms with van der Waals surface area (Å²) in [5.41, 5.74) is 2.82. The predicted molar refractivity (Wildman–Crippen MR) is 118 cm³/mol. The molecule has 0 aliphatic carbocycles. The summed E-state index contributed by atoms with van der Waals surface area (Å²) in [6, 6.07) is 7.91. The SMILES string of the molecule is CSc1ccc(N2CC(C(=O)N(C)Cc3c(C)nc4sc(C)cn34)CC2=O)cc1. The van der Waals surface area contributed by atoms with Gasteiger partial charge >= 0.3 is 0 Å². The van der Waals surface area contributed by atoms with Crippen LogP contribution in [0.1, 0.15) is 22.7 Å². The van der Waals surface area contributed by atoms with Crippen LogP contribution in [0.5, 0.6) is 0 Å². The molecule has 3 heterocycles. The zero-order chi connectivity index (χ0) is 20.7. The number of hydrogen-bond donors (Lipinski definition) is 0. The van der Waals surface area contributed by atoms with Gasteiger partial charge < -0.3 is 9.80 Å². The Labute approximate surface area is 178 Å². The first-order chi connectivity index (χ1) is 13.9. The quantitative estimate of drug-likeness (QED) is 0.581. The second-order valence-corrected chi connectivity index (χ2v) is 9.53. The number of aromatic nitrogens is 2. The zero-order valence-electron chi connectivity index (χ0n) is 17.0. The van der Waals surface area contributed by atoms with Crippen LogP contribution in [0.4, 0.5) is 5.69 Å². The molecule has 8 heteroatoms. The van der Waals surface area contributed by atoms with Gasteiger partial charge in [0, 0.05) is 41.7 Å². The van der Waals surface area contributed by atoms with Gasteiger partial charge in [-0.05, 0) is 44.4 Å². The van der Waals surface area contributed by atoms with Crippen LogP contribution in [-0.2, 0) is 16.1 Å². The van der Waals surface area contributed by atoms with Crippen LogP contribution in [-0.4, -0.2) is 45.9 Å². The smallest absolute Gasteiger partial charge is 0.228 e. The number of thioether (sulfide) groups is 1. The number of carbonyl (C=O) groups is 2. The number of carbonyl (C=O) groups excluding carboxylic acids is 2. The molecule has 0 saturated carbocycles. The lowest BCUT2D eigenvalue weighted by molar-refractivity contribution is -0.135. The molecule has 2 aromatic heterocycles. The van der Waals surface area contributed by atoms with Gasteiger partial charge in [-0.3, -0.25) is 14.0 Å². The number of imidazole rings is 1. The lowest BCUT2D eigenvalue weighted by Crippen LogP contribution is -2.34. The molecule has 6 nitrogen and oxygen atoms in total. The van der Waals surface area contributed by atoms with E-state index < -0.39 is 0 Å². The maximum absolute atomic E-state index is 13.1. The zero-order valence-corrected chi connectivity index (χ0v) is 18.6. The third kappa shape index (κ3) is 3.79. The van der Waals surface area contributed by atoms with Crippen LogP contribution in [0.15, 0.2) is 35.4 Å². The Morgan fingerprint density at radius 3 is 2.72 bits per heavy atom. The monoisotopic (exact) mass is 428 g/mol. The van der Waals surface area contributed by atoms with Crippen molar-refractivity contribution in [2.24, 2.45) is 5.92 Å². The summed E-state index contributed by atoms with van der Waals surface area (Å²) in [6.07, 6.45) is 4.34. The minimum atomic E-state index is -0.319. The fourth-order valence-electron chi connectivity index (χ4n) is 3.80. The van der Waals surface area contributed by atoms with Gasteiger partial charge in [-0.15, -0.1) is 23.1 Å². The molecule has 0 spiro atoms. The van der Waals surface area contributed by atoms with Gasteiger partial charge in [0.2, 0.25) is 11.8 Å². The fraction of sp³-hybridized carbons (Fsp3) is 0.381. The third-order valence-electron chi connectivity index (χ3n) is 5.36. The highest BCUT2D eigenvalue weighted by Crippen LogP contribution is 2.28. The summed E-state index contributed by atoms with van der Waals surface area (Å²) in [5.74, 6) is -0.312. The number of hydrogen-bond acceptors (Lipinski definition) is 5. The molecule has 152 valence electrons. The van der Waals surface area contributed by atoms with Crippen molar-refractivity contribution in [1.29, 1.82) is 0 Å². The van der Waals surface area contributed by atoms with Crippen molar-refractivity contribution >= 4 is 45.6 Å². The molecule has 1 aliphatic heterocycles. The summed E-state index contributed by atoms with van der Waals surface area (Å²) in [7, 11) is 1.81. The topological polar surface area (TPSA) is 57.9 Å². The van der Waals surface area contributed by atoms with Crippen LogP contribution in [0.25, 0.3) is 4.96 Å². The van der Waals surface area contributed by atoms with E-state index in [0.29, 0.717) is 13.1 Å². The Bertz CT molecular complexity index is 1070. The molecule has 1 saturated heterocycles. The van der Waals surface area contributed by atoms with E-state index in [1.54, 1.807) is 39.9 Å². The highest BCUT2D eigenvalue weighted by Gasteiger charge is 2.36. The van der Waals surface area contributed by atoms with Crippen molar-refractivity contribution in [3.8, 4) is 0 Å². The highest BCUT2D eigenvalue weighted by atomic mass is 32.2. The number of thiazole rings is 1. The second-order valence-electron chi connectivity index (χ2n) is 7.44. The molecular weight excluding hydrogens is 404 g/mol. The average Bonchev–Trinajstić information content (AvgIpc) is 3.34. The Morgan fingerprint density at radius 1 is 1.31 bits per heavy atom. The van der Waals surface area contributed by atoms with Gasteiger partial charge in [-0.2, -0.15) is 0 Å². The minimum Gasteiger partial charge on any atom is -0.340 e. The molecule has 29 heavy (non-hydrogen) atoms. The predicted octanol–water partition coefficient (Wildman–Crippen LogP) is 3.75. The number of nitrogens with zero attached hydrogens (tertiary/aromatic N) is 4. The second kappa shape index (κ2) is 7.84. The molecule has 1 fully saturated rings. The molecule has 1 atom stereocenters. The lowest BCUT2D eigenvalue weighted by Gasteiger charge is -2.21. The molecule has 1 aliphatic rings. The number of aryl methyl sites for hydroxylation is 2. The van der Waals surface area contributed by atoms with Crippen molar-refractivity contribution in [2.45, 2.75) is 31.7 Å². The Balaban J connectivity index is 1.47. The fourth-order valence-corrected chi connectivity index (χ4v) is 5.10. The molecule has 0 N–H and O–H groups in total. The van der Waals surface area contributed by atoms with E-state index in [-0.39, 0.29) is 24.2 Å². The van der Waals surface area contributed by atoms with E-state index >= 15 is 0 Å². The van der Waals surface area contributed by atoms with Crippen molar-refractivity contribution in [2.75, 3.05) is 24.7 Å². The molecular formula is C21H24N4O2S2. The summed E-state index contributed by atoms with van der Waals surface area (Å²) in [5, 5.41) is 0. The lowest BCUT2D eigenvalue weighted by atomic mass is 10.1. The molecule has 0 bridgehead atoms. The molecule has 1 unspecified atom stereocenters. The van der Waals surface area contributed by atoms with Gasteiger partial charge in [0.25, 0.3) is 0 Å². The minimum absolute atomic E-state index is 0.00267. The molecule has 0 radical (unpaired) electrons. The van der Waals surface area contributed by atoms with Crippen LogP contribution >= 0.6 is 23.1 Å². The highest BCUT2D eigenvalue weighted by molar-refractivity contribution is 7.98. The van der Waals surface area contributed by atoms with Gasteiger partial charge in [0.05, 0.1) is 23.9 Å². The molecule has 1 aromatic carbocycles. The van der Waals surface area contributed by atoms with Gasteiger partial charge in [-0.25, -0.2) is 4.98 Å². The van der Waals surface area contributed by atoms with E-state index in [0.717, 1.165) is 26.9 Å². The van der Waals surface area contributed by atoms with Crippen LogP contribution in [0.2, 0.25) is 0 Å².